The lowest BCUT2D eigenvalue weighted by molar-refractivity contribution is 0.104. The first-order valence-corrected chi connectivity index (χ1v) is 7.43. The van der Waals surface area contributed by atoms with Crippen molar-refractivity contribution in [1.82, 2.24) is 0 Å². The van der Waals surface area contributed by atoms with Crippen LogP contribution in [0.5, 0.6) is 5.75 Å². The number of benzene rings is 1. The van der Waals surface area contributed by atoms with Gasteiger partial charge in [0.15, 0.2) is 0 Å². The zero-order chi connectivity index (χ0) is 13.2. The molecule has 0 amide bonds. The monoisotopic (exact) mass is 272 g/mol. The Kier molecular flexibility index (Phi) is 3.38. The number of carbonyl (C=O) groups is 1. The van der Waals surface area contributed by atoms with Crippen LogP contribution in [0.15, 0.2) is 35.7 Å². The minimum absolute atomic E-state index is 0.121. The summed E-state index contributed by atoms with van der Waals surface area (Å²) in [4.78, 5) is 13.3. The molecule has 1 aliphatic carbocycles. The molecule has 0 unspecified atom stereocenters. The molecule has 0 N–H and O–H groups in total. The largest absolute Gasteiger partial charge is 0.496 e. The molecule has 1 aromatic heterocycles. The van der Waals surface area contributed by atoms with E-state index in [9.17, 15) is 4.79 Å². The van der Waals surface area contributed by atoms with Gasteiger partial charge >= 0.3 is 0 Å². The summed E-state index contributed by atoms with van der Waals surface area (Å²) in [5.74, 6) is 1.45. The molecule has 1 aromatic carbocycles. The van der Waals surface area contributed by atoms with E-state index >= 15 is 0 Å². The lowest BCUT2D eigenvalue weighted by Crippen LogP contribution is -2.13. The quantitative estimate of drug-likeness (QED) is 0.777. The average molecular weight is 272 g/mol. The van der Waals surface area contributed by atoms with Crippen molar-refractivity contribution in [3.8, 4) is 5.75 Å². The molecule has 0 aliphatic heterocycles. The van der Waals surface area contributed by atoms with E-state index in [4.69, 9.17) is 4.74 Å². The smallest absolute Gasteiger partial charge is 0.203 e. The fourth-order valence-electron chi connectivity index (χ4n) is 2.46. The van der Waals surface area contributed by atoms with Gasteiger partial charge in [0, 0.05) is 17.0 Å². The molecule has 3 heteroatoms. The lowest BCUT2D eigenvalue weighted by Gasteiger charge is -2.27. The average Bonchev–Trinajstić information content (AvgIpc) is 2.85. The van der Waals surface area contributed by atoms with Gasteiger partial charge in [-0.1, -0.05) is 30.7 Å². The van der Waals surface area contributed by atoms with E-state index < -0.39 is 0 Å². The molecule has 1 saturated carbocycles. The van der Waals surface area contributed by atoms with E-state index in [2.05, 4.69) is 6.07 Å². The van der Waals surface area contributed by atoms with Gasteiger partial charge in [-0.15, -0.1) is 11.3 Å². The molecule has 0 saturated heterocycles. The molecule has 98 valence electrons. The molecule has 19 heavy (non-hydrogen) atoms. The number of methoxy groups -OCH3 is 1. The van der Waals surface area contributed by atoms with Crippen LogP contribution in [0.1, 0.15) is 46.0 Å². The molecule has 2 nitrogen and oxygen atoms in total. The summed E-state index contributed by atoms with van der Waals surface area (Å²) in [6.07, 6.45) is 3.69. The van der Waals surface area contributed by atoms with E-state index in [1.807, 2.05) is 29.6 Å². The maximum atomic E-state index is 12.6. The predicted octanol–water partition coefficient (Wildman–Crippen LogP) is 4.26. The number of hydrogen-bond donors (Lipinski definition) is 0. The fraction of sp³-hybridized carbons (Fsp3) is 0.312. The third kappa shape index (κ3) is 2.30. The van der Waals surface area contributed by atoms with Crippen LogP contribution in [-0.2, 0) is 0 Å². The first-order chi connectivity index (χ1) is 9.29. The number of carbonyl (C=O) groups excluding carboxylic acids is 1. The molecule has 0 radical (unpaired) electrons. The van der Waals surface area contributed by atoms with Gasteiger partial charge in [-0.2, -0.15) is 0 Å². The number of thiophene rings is 1. The minimum atomic E-state index is 0.121. The Bertz CT molecular complexity index is 596. The van der Waals surface area contributed by atoms with E-state index in [0.29, 0.717) is 5.92 Å². The summed E-state index contributed by atoms with van der Waals surface area (Å²) in [5, 5.41) is 1.87. The lowest BCUT2D eigenvalue weighted by atomic mass is 9.77. The maximum absolute atomic E-state index is 12.6. The molecule has 0 bridgehead atoms. The van der Waals surface area contributed by atoms with Crippen molar-refractivity contribution in [1.29, 1.82) is 0 Å². The van der Waals surface area contributed by atoms with Gasteiger partial charge in [-0.05, 0) is 24.3 Å². The van der Waals surface area contributed by atoms with Crippen molar-refractivity contribution in [3.63, 3.8) is 0 Å². The molecule has 0 atom stereocenters. The second-order valence-electron chi connectivity index (χ2n) is 4.89. The maximum Gasteiger partial charge on any atom is 0.203 e. The predicted molar refractivity (Wildman–Crippen MR) is 77.3 cm³/mol. The van der Waals surface area contributed by atoms with Gasteiger partial charge in [-0.25, -0.2) is 0 Å². The molecule has 0 spiro atoms. The van der Waals surface area contributed by atoms with Gasteiger partial charge in [0.1, 0.15) is 5.75 Å². The summed E-state index contributed by atoms with van der Waals surface area (Å²) in [5.41, 5.74) is 2.07. The van der Waals surface area contributed by atoms with Crippen LogP contribution in [0.4, 0.5) is 0 Å². The first kappa shape index (κ1) is 12.4. The van der Waals surface area contributed by atoms with Crippen molar-refractivity contribution in [2.24, 2.45) is 0 Å². The highest BCUT2D eigenvalue weighted by Crippen LogP contribution is 2.38. The SMILES string of the molecule is COc1csc(C(=O)c2ccccc2C2CCC2)c1. The van der Waals surface area contributed by atoms with E-state index in [0.717, 1.165) is 16.2 Å². The Balaban J connectivity index is 1.94. The molecular weight excluding hydrogens is 256 g/mol. The normalized spacial score (nSPS) is 15.0. The van der Waals surface area contributed by atoms with E-state index in [1.165, 1.54) is 36.2 Å². The van der Waals surface area contributed by atoms with E-state index in [-0.39, 0.29) is 5.78 Å². The third-order valence-corrected chi connectivity index (χ3v) is 4.69. The summed E-state index contributed by atoms with van der Waals surface area (Å²) >= 11 is 1.45. The minimum Gasteiger partial charge on any atom is -0.496 e. The van der Waals surface area contributed by atoms with Crippen molar-refractivity contribution in [2.45, 2.75) is 25.2 Å². The molecule has 1 heterocycles. The third-order valence-electron chi connectivity index (χ3n) is 3.79. The van der Waals surface area contributed by atoms with Crippen LogP contribution < -0.4 is 4.74 Å². The summed E-state index contributed by atoms with van der Waals surface area (Å²) < 4.78 is 5.15. The zero-order valence-corrected chi connectivity index (χ0v) is 11.7. The van der Waals surface area contributed by atoms with Crippen LogP contribution in [0.2, 0.25) is 0 Å². The van der Waals surface area contributed by atoms with Crippen LogP contribution >= 0.6 is 11.3 Å². The highest BCUT2D eigenvalue weighted by Gasteiger charge is 2.25. The van der Waals surface area contributed by atoms with Crippen molar-refractivity contribution < 1.29 is 9.53 Å². The second-order valence-corrected chi connectivity index (χ2v) is 5.81. The topological polar surface area (TPSA) is 26.3 Å². The van der Waals surface area contributed by atoms with Gasteiger partial charge in [-0.3, -0.25) is 4.79 Å². The standard InChI is InChI=1S/C16H16O2S/c1-18-12-9-15(19-10-12)16(17)14-8-3-2-7-13(14)11-5-4-6-11/h2-3,7-11H,4-6H2,1H3. The van der Waals surface area contributed by atoms with Crippen LogP contribution in [0.3, 0.4) is 0 Å². The van der Waals surface area contributed by atoms with Gasteiger partial charge in [0.25, 0.3) is 0 Å². The number of rotatable bonds is 4. The number of hydrogen-bond acceptors (Lipinski definition) is 3. The molecule has 1 aliphatic rings. The van der Waals surface area contributed by atoms with Gasteiger partial charge in [0.05, 0.1) is 12.0 Å². The Labute approximate surface area is 117 Å². The summed E-state index contributed by atoms with van der Waals surface area (Å²) in [7, 11) is 1.62. The van der Waals surface area contributed by atoms with Gasteiger partial charge < -0.3 is 4.74 Å². The van der Waals surface area contributed by atoms with Crippen LogP contribution in [-0.4, -0.2) is 12.9 Å². The number of ether oxygens (including phenoxy) is 1. The second kappa shape index (κ2) is 5.17. The highest BCUT2D eigenvalue weighted by atomic mass is 32.1. The summed E-state index contributed by atoms with van der Waals surface area (Å²) in [6.45, 7) is 0. The van der Waals surface area contributed by atoms with Crippen molar-refractivity contribution in [3.05, 3.63) is 51.7 Å². The van der Waals surface area contributed by atoms with Gasteiger partial charge in [0.2, 0.25) is 5.78 Å². The molecular formula is C16H16O2S. The Morgan fingerprint density at radius 3 is 2.74 bits per heavy atom. The fourth-order valence-corrected chi connectivity index (χ4v) is 3.27. The van der Waals surface area contributed by atoms with Crippen molar-refractivity contribution >= 4 is 17.1 Å². The summed E-state index contributed by atoms with van der Waals surface area (Å²) in [6, 6.07) is 9.84. The van der Waals surface area contributed by atoms with Crippen LogP contribution in [0, 0.1) is 0 Å². The number of ketones is 1. The molecule has 3 rings (SSSR count). The van der Waals surface area contributed by atoms with Crippen LogP contribution in [0.25, 0.3) is 0 Å². The molecule has 2 aromatic rings. The van der Waals surface area contributed by atoms with Crippen molar-refractivity contribution in [2.75, 3.05) is 7.11 Å². The highest BCUT2D eigenvalue weighted by molar-refractivity contribution is 7.12. The first-order valence-electron chi connectivity index (χ1n) is 6.55. The Morgan fingerprint density at radius 1 is 1.32 bits per heavy atom. The van der Waals surface area contributed by atoms with E-state index in [1.54, 1.807) is 7.11 Å². The Morgan fingerprint density at radius 2 is 2.11 bits per heavy atom. The Hall–Kier alpha value is -1.61. The molecule has 1 fully saturated rings. The zero-order valence-electron chi connectivity index (χ0n) is 10.9.